The van der Waals surface area contributed by atoms with Gasteiger partial charge in [0.2, 0.25) is 0 Å². The van der Waals surface area contributed by atoms with Crippen LogP contribution in [0.4, 0.5) is 5.82 Å². The fourth-order valence-corrected chi connectivity index (χ4v) is 4.00. The van der Waals surface area contributed by atoms with Crippen LogP contribution < -0.4 is 5.32 Å². The first-order valence-electron chi connectivity index (χ1n) is 7.13. The molecule has 0 unspecified atom stereocenters. The summed E-state index contributed by atoms with van der Waals surface area (Å²) in [6, 6.07) is 3.64. The molecule has 1 N–H and O–H groups in total. The summed E-state index contributed by atoms with van der Waals surface area (Å²) in [4.78, 5) is 8.37. The fourth-order valence-electron chi connectivity index (χ4n) is 2.50. The number of sulfone groups is 1. The average Bonchev–Trinajstić information content (AvgIpc) is 3.00. The molecule has 1 fully saturated rings. The van der Waals surface area contributed by atoms with Crippen LogP contribution in [0, 0.1) is 12.3 Å². The second kappa shape index (κ2) is 5.35. The zero-order valence-electron chi connectivity index (χ0n) is 12.7. The molecule has 2 heterocycles. The molecule has 0 atom stereocenters. The molecule has 0 amide bonds. The molecular formula is C14H19N5O2S. The van der Waals surface area contributed by atoms with E-state index in [1.807, 2.05) is 19.2 Å². The maximum absolute atomic E-state index is 11.5. The lowest BCUT2D eigenvalue weighted by molar-refractivity contribution is 0.560. The van der Waals surface area contributed by atoms with Crippen LogP contribution in [0.2, 0.25) is 0 Å². The first kappa shape index (κ1) is 15.0. The molecule has 22 heavy (non-hydrogen) atoms. The van der Waals surface area contributed by atoms with E-state index >= 15 is 0 Å². The molecule has 1 aliphatic rings. The van der Waals surface area contributed by atoms with Crippen molar-refractivity contribution in [2.24, 2.45) is 5.41 Å². The van der Waals surface area contributed by atoms with Gasteiger partial charge in [0.15, 0.2) is 5.82 Å². The Morgan fingerprint density at radius 3 is 2.77 bits per heavy atom. The quantitative estimate of drug-likeness (QED) is 0.860. The van der Waals surface area contributed by atoms with Crippen molar-refractivity contribution in [3.05, 3.63) is 30.4 Å². The SMILES string of the molecule is Cc1nccc(-n2ccc(NCC3(CS(C)(=O)=O)CC3)n2)n1. The van der Waals surface area contributed by atoms with E-state index in [1.54, 1.807) is 16.9 Å². The predicted molar refractivity (Wildman–Crippen MR) is 83.8 cm³/mol. The summed E-state index contributed by atoms with van der Waals surface area (Å²) in [6.07, 6.45) is 6.69. The van der Waals surface area contributed by atoms with E-state index in [1.165, 1.54) is 6.26 Å². The van der Waals surface area contributed by atoms with Crippen LogP contribution >= 0.6 is 0 Å². The molecule has 118 valence electrons. The summed E-state index contributed by atoms with van der Waals surface area (Å²) in [6.45, 7) is 2.45. The van der Waals surface area contributed by atoms with Crippen molar-refractivity contribution in [3.63, 3.8) is 0 Å². The number of hydrogen-bond acceptors (Lipinski definition) is 6. The highest BCUT2D eigenvalue weighted by Gasteiger charge is 2.45. The number of rotatable bonds is 6. The summed E-state index contributed by atoms with van der Waals surface area (Å²) in [5.41, 5.74) is -0.122. The standard InChI is InChI=1S/C14H19N5O2S/c1-11-15-7-3-13(17-11)19-8-4-12(18-19)16-9-14(5-6-14)10-22(2,20)21/h3-4,7-8H,5-6,9-10H2,1-2H3,(H,16,18). The van der Waals surface area contributed by atoms with Crippen LogP contribution in [0.1, 0.15) is 18.7 Å². The molecule has 2 aromatic rings. The number of aromatic nitrogens is 4. The highest BCUT2D eigenvalue weighted by molar-refractivity contribution is 7.90. The zero-order chi connectivity index (χ0) is 15.8. The number of hydrogen-bond donors (Lipinski definition) is 1. The molecular weight excluding hydrogens is 302 g/mol. The van der Waals surface area contributed by atoms with Gasteiger partial charge in [-0.25, -0.2) is 23.1 Å². The van der Waals surface area contributed by atoms with Crippen molar-refractivity contribution in [3.8, 4) is 5.82 Å². The molecule has 0 aliphatic heterocycles. The zero-order valence-corrected chi connectivity index (χ0v) is 13.5. The van der Waals surface area contributed by atoms with Crippen molar-refractivity contribution >= 4 is 15.7 Å². The van der Waals surface area contributed by atoms with Crippen molar-refractivity contribution in [2.75, 3.05) is 23.9 Å². The lowest BCUT2D eigenvalue weighted by Gasteiger charge is -2.14. The van der Waals surface area contributed by atoms with Gasteiger partial charge in [-0.1, -0.05) is 0 Å². The lowest BCUT2D eigenvalue weighted by Crippen LogP contribution is -2.24. The lowest BCUT2D eigenvalue weighted by atomic mass is 10.1. The Kier molecular flexibility index (Phi) is 3.64. The van der Waals surface area contributed by atoms with Gasteiger partial charge >= 0.3 is 0 Å². The fraction of sp³-hybridized carbons (Fsp3) is 0.500. The Balaban J connectivity index is 1.66. The van der Waals surface area contributed by atoms with E-state index in [0.29, 0.717) is 18.2 Å². The highest BCUT2D eigenvalue weighted by atomic mass is 32.2. The van der Waals surface area contributed by atoms with Gasteiger partial charge in [0.05, 0.1) is 5.75 Å². The first-order chi connectivity index (χ1) is 10.4. The number of nitrogens with one attached hydrogen (secondary N) is 1. The van der Waals surface area contributed by atoms with Crippen molar-refractivity contribution in [1.29, 1.82) is 0 Å². The molecule has 0 aromatic carbocycles. The second-order valence-corrected chi connectivity index (χ2v) is 8.17. The van der Waals surface area contributed by atoms with Gasteiger partial charge in [0, 0.05) is 42.7 Å². The monoisotopic (exact) mass is 321 g/mol. The van der Waals surface area contributed by atoms with Crippen molar-refractivity contribution in [1.82, 2.24) is 19.7 Å². The minimum atomic E-state index is -2.95. The third-order valence-corrected chi connectivity index (χ3v) is 4.89. The van der Waals surface area contributed by atoms with E-state index in [-0.39, 0.29) is 11.2 Å². The summed E-state index contributed by atoms with van der Waals surface area (Å²) in [7, 11) is -2.95. The molecule has 1 aliphatic carbocycles. The topological polar surface area (TPSA) is 89.8 Å². The molecule has 0 bridgehead atoms. The van der Waals surface area contributed by atoms with E-state index in [4.69, 9.17) is 0 Å². The average molecular weight is 321 g/mol. The largest absolute Gasteiger partial charge is 0.368 e. The Morgan fingerprint density at radius 1 is 1.36 bits per heavy atom. The van der Waals surface area contributed by atoms with Crippen LogP contribution in [-0.4, -0.2) is 46.7 Å². The van der Waals surface area contributed by atoms with Gasteiger partial charge in [0.1, 0.15) is 21.5 Å². The van der Waals surface area contributed by atoms with Gasteiger partial charge in [-0.2, -0.15) is 0 Å². The van der Waals surface area contributed by atoms with E-state index in [9.17, 15) is 8.42 Å². The van der Waals surface area contributed by atoms with Gasteiger partial charge in [-0.05, 0) is 19.8 Å². The summed E-state index contributed by atoms with van der Waals surface area (Å²) in [5.74, 6) is 2.35. The maximum Gasteiger partial charge on any atom is 0.157 e. The molecule has 3 rings (SSSR count). The predicted octanol–water partition coefficient (Wildman–Crippen LogP) is 1.21. The van der Waals surface area contributed by atoms with E-state index in [2.05, 4.69) is 20.4 Å². The normalized spacial score (nSPS) is 16.5. The van der Waals surface area contributed by atoms with Gasteiger partial charge in [-0.3, -0.25) is 0 Å². The third-order valence-electron chi connectivity index (χ3n) is 3.76. The van der Waals surface area contributed by atoms with Crippen LogP contribution in [0.5, 0.6) is 0 Å². The molecule has 2 aromatic heterocycles. The highest BCUT2D eigenvalue weighted by Crippen LogP contribution is 2.46. The molecule has 8 heteroatoms. The van der Waals surface area contributed by atoms with Crippen molar-refractivity contribution < 1.29 is 8.42 Å². The Hall–Kier alpha value is -1.96. The Morgan fingerprint density at radius 2 is 2.14 bits per heavy atom. The third kappa shape index (κ3) is 3.62. The van der Waals surface area contributed by atoms with E-state index < -0.39 is 9.84 Å². The smallest absolute Gasteiger partial charge is 0.157 e. The minimum absolute atomic E-state index is 0.122. The summed E-state index contributed by atoms with van der Waals surface area (Å²) >= 11 is 0. The molecule has 1 saturated carbocycles. The van der Waals surface area contributed by atoms with Crippen LogP contribution in [0.3, 0.4) is 0 Å². The van der Waals surface area contributed by atoms with Gasteiger partial charge in [-0.15, -0.1) is 5.10 Å². The maximum atomic E-state index is 11.5. The molecule has 0 radical (unpaired) electrons. The number of nitrogens with zero attached hydrogens (tertiary/aromatic N) is 4. The number of aryl methyl sites for hydroxylation is 1. The van der Waals surface area contributed by atoms with Gasteiger partial charge in [0.25, 0.3) is 0 Å². The first-order valence-corrected chi connectivity index (χ1v) is 9.19. The van der Waals surface area contributed by atoms with Crippen LogP contribution in [0.25, 0.3) is 5.82 Å². The van der Waals surface area contributed by atoms with E-state index in [0.717, 1.165) is 18.7 Å². The molecule has 7 nitrogen and oxygen atoms in total. The Labute approximate surface area is 129 Å². The van der Waals surface area contributed by atoms with Crippen molar-refractivity contribution in [2.45, 2.75) is 19.8 Å². The summed E-state index contributed by atoms with van der Waals surface area (Å²) in [5, 5.41) is 7.65. The molecule has 0 saturated heterocycles. The Bertz CT molecular complexity index is 780. The van der Waals surface area contributed by atoms with Crippen LogP contribution in [-0.2, 0) is 9.84 Å². The second-order valence-electron chi connectivity index (χ2n) is 6.03. The van der Waals surface area contributed by atoms with Crippen LogP contribution in [0.15, 0.2) is 24.5 Å². The summed E-state index contributed by atoms with van der Waals surface area (Å²) < 4.78 is 24.6. The minimum Gasteiger partial charge on any atom is -0.368 e. The molecule has 0 spiro atoms. The number of anilines is 1. The van der Waals surface area contributed by atoms with Gasteiger partial charge < -0.3 is 5.32 Å².